The van der Waals surface area contributed by atoms with E-state index in [0.29, 0.717) is 12.5 Å². The third kappa shape index (κ3) is 5.16. The molecule has 5 atom stereocenters. The van der Waals surface area contributed by atoms with Gasteiger partial charge in [0.1, 0.15) is 5.75 Å². The van der Waals surface area contributed by atoms with E-state index in [1.165, 1.54) is 16.7 Å². The van der Waals surface area contributed by atoms with E-state index >= 15 is 0 Å². The monoisotopic (exact) mass is 497 g/mol. The van der Waals surface area contributed by atoms with Crippen LogP contribution in [0.5, 0.6) is 5.75 Å². The quantitative estimate of drug-likeness (QED) is 0.441. The Balaban J connectivity index is 1.52. The summed E-state index contributed by atoms with van der Waals surface area (Å²) < 4.78 is 5.79. The molecule has 3 heterocycles. The molecule has 3 aromatic rings. The van der Waals surface area contributed by atoms with Crippen molar-refractivity contribution in [1.29, 1.82) is 0 Å². The lowest BCUT2D eigenvalue weighted by atomic mass is 9.66. The first-order valence-corrected chi connectivity index (χ1v) is 13.5. The van der Waals surface area contributed by atoms with Crippen LogP contribution in [-0.2, 0) is 11.3 Å². The van der Waals surface area contributed by atoms with E-state index in [0.717, 1.165) is 30.8 Å². The Bertz CT molecular complexity index is 1160. The van der Waals surface area contributed by atoms with Gasteiger partial charge in [0.05, 0.1) is 13.0 Å². The van der Waals surface area contributed by atoms with Crippen molar-refractivity contribution in [2.24, 2.45) is 17.6 Å². The topological polar surface area (TPSA) is 67.6 Å². The number of hydrogen-bond acceptors (Lipinski definition) is 4. The summed E-state index contributed by atoms with van der Waals surface area (Å²) in [5.74, 6) is 1.40. The number of piperidine rings is 3. The third-order valence-electron chi connectivity index (χ3n) is 8.48. The summed E-state index contributed by atoms with van der Waals surface area (Å²) in [6.45, 7) is 6.78. The highest BCUT2D eigenvalue weighted by molar-refractivity contribution is 5.77. The maximum atomic E-state index is 12.5. The fourth-order valence-corrected chi connectivity index (χ4v) is 6.57. The standard InChI is InChI=1S/C32H39N3O2/c1-21(2)24-14-15-25(28(18-24)37-3)19-34-30-26-16-17-35(20-27(26)32(33)36)31(30)29(22-10-6-4-7-11-22)23-12-8-5-9-13-23/h4-15,18,21,26-27,29-31,34H,16-17,19-20H2,1-3H3,(H2,33,36)/t26-,27-,30-,31-/m1/s1. The van der Waals surface area contributed by atoms with Gasteiger partial charge >= 0.3 is 0 Å². The Hall–Kier alpha value is -3.15. The first-order valence-electron chi connectivity index (χ1n) is 13.5. The van der Waals surface area contributed by atoms with Crippen molar-refractivity contribution in [1.82, 2.24) is 10.2 Å². The molecule has 0 aliphatic carbocycles. The minimum atomic E-state index is -0.185. The first kappa shape index (κ1) is 25.5. The second-order valence-electron chi connectivity index (χ2n) is 10.9. The zero-order chi connectivity index (χ0) is 25.9. The van der Waals surface area contributed by atoms with Crippen LogP contribution >= 0.6 is 0 Å². The SMILES string of the molecule is COc1cc(C(C)C)ccc1CN[C@@H]1[C@@H]2CCN(C[C@H]2C(N)=O)[C@@H]1C(c1ccccc1)c1ccccc1. The Morgan fingerprint density at radius 2 is 1.65 bits per heavy atom. The maximum absolute atomic E-state index is 12.5. The molecule has 1 unspecified atom stereocenters. The van der Waals surface area contributed by atoms with Gasteiger partial charge in [-0.05, 0) is 47.6 Å². The van der Waals surface area contributed by atoms with Crippen LogP contribution in [0.2, 0.25) is 0 Å². The summed E-state index contributed by atoms with van der Waals surface area (Å²) in [7, 11) is 1.74. The Morgan fingerprint density at radius 3 is 2.22 bits per heavy atom. The van der Waals surface area contributed by atoms with Gasteiger partial charge < -0.3 is 15.8 Å². The van der Waals surface area contributed by atoms with Crippen LogP contribution < -0.4 is 15.8 Å². The van der Waals surface area contributed by atoms with Gasteiger partial charge in [-0.3, -0.25) is 9.69 Å². The summed E-state index contributed by atoms with van der Waals surface area (Å²) in [6, 6.07) is 28.4. The van der Waals surface area contributed by atoms with Crippen LogP contribution in [0.15, 0.2) is 78.9 Å². The number of primary amides is 1. The summed E-state index contributed by atoms with van der Waals surface area (Å²) >= 11 is 0. The number of nitrogens with zero attached hydrogens (tertiary/aromatic N) is 1. The molecule has 5 heteroatoms. The lowest BCUT2D eigenvalue weighted by Crippen LogP contribution is -2.68. The van der Waals surface area contributed by atoms with Crippen molar-refractivity contribution in [2.45, 2.75) is 50.7 Å². The van der Waals surface area contributed by atoms with E-state index in [1.54, 1.807) is 7.11 Å². The molecular weight excluding hydrogens is 458 g/mol. The van der Waals surface area contributed by atoms with Gasteiger partial charge in [0, 0.05) is 36.7 Å². The average Bonchev–Trinajstić information content (AvgIpc) is 2.93. The van der Waals surface area contributed by atoms with Crippen molar-refractivity contribution in [3.8, 4) is 5.75 Å². The van der Waals surface area contributed by atoms with Crippen LogP contribution in [0.3, 0.4) is 0 Å². The molecule has 1 amide bonds. The number of carbonyl (C=O) groups excluding carboxylic acids is 1. The number of carbonyl (C=O) groups is 1. The molecule has 6 rings (SSSR count). The van der Waals surface area contributed by atoms with Gasteiger partial charge in [-0.25, -0.2) is 0 Å². The number of amides is 1. The lowest BCUT2D eigenvalue weighted by Gasteiger charge is -2.56. The fraction of sp³-hybridized carbons (Fsp3) is 0.406. The largest absolute Gasteiger partial charge is 0.496 e. The van der Waals surface area contributed by atoms with Gasteiger partial charge in [-0.15, -0.1) is 0 Å². The van der Waals surface area contributed by atoms with Gasteiger partial charge in [0.2, 0.25) is 5.91 Å². The van der Waals surface area contributed by atoms with Crippen LogP contribution in [-0.4, -0.2) is 43.1 Å². The molecule has 3 aliphatic rings. The molecule has 194 valence electrons. The third-order valence-corrected chi connectivity index (χ3v) is 8.48. The molecule has 2 bridgehead atoms. The summed E-state index contributed by atoms with van der Waals surface area (Å²) in [5, 5.41) is 3.92. The number of nitrogens with one attached hydrogen (secondary N) is 1. The maximum Gasteiger partial charge on any atom is 0.222 e. The molecule has 3 aliphatic heterocycles. The van der Waals surface area contributed by atoms with E-state index in [1.807, 2.05) is 0 Å². The fourth-order valence-electron chi connectivity index (χ4n) is 6.57. The molecule has 0 spiro atoms. The number of fused-ring (bicyclic) bond motifs is 3. The average molecular weight is 498 g/mol. The van der Waals surface area contributed by atoms with Crippen LogP contribution in [0.1, 0.15) is 54.4 Å². The first-order chi connectivity index (χ1) is 18.0. The number of methoxy groups -OCH3 is 1. The van der Waals surface area contributed by atoms with Gasteiger partial charge in [0.15, 0.2) is 0 Å². The molecule has 0 saturated carbocycles. The van der Waals surface area contributed by atoms with E-state index in [-0.39, 0.29) is 35.7 Å². The van der Waals surface area contributed by atoms with Crippen LogP contribution in [0, 0.1) is 11.8 Å². The Morgan fingerprint density at radius 1 is 1.00 bits per heavy atom. The number of hydrogen-bond donors (Lipinski definition) is 2. The molecule has 5 nitrogen and oxygen atoms in total. The number of rotatable bonds is 9. The second kappa shape index (κ2) is 11.1. The van der Waals surface area contributed by atoms with Crippen molar-refractivity contribution in [2.75, 3.05) is 20.2 Å². The predicted molar refractivity (Wildman–Crippen MR) is 149 cm³/mol. The zero-order valence-electron chi connectivity index (χ0n) is 22.1. The Kier molecular flexibility index (Phi) is 7.63. The lowest BCUT2D eigenvalue weighted by molar-refractivity contribution is -0.132. The van der Waals surface area contributed by atoms with E-state index in [2.05, 4.69) is 103 Å². The van der Waals surface area contributed by atoms with Gasteiger partial charge in [-0.1, -0.05) is 86.6 Å². The van der Waals surface area contributed by atoms with Crippen molar-refractivity contribution in [3.63, 3.8) is 0 Å². The molecule has 3 fully saturated rings. The number of benzene rings is 3. The summed E-state index contributed by atoms with van der Waals surface area (Å²) in [5.41, 5.74) is 10.9. The van der Waals surface area contributed by atoms with Crippen molar-refractivity contribution in [3.05, 3.63) is 101 Å². The molecular formula is C32H39N3O2. The molecule has 3 aromatic carbocycles. The molecule has 37 heavy (non-hydrogen) atoms. The Labute approximate surface area is 221 Å². The normalized spacial score (nSPS) is 24.9. The summed E-state index contributed by atoms with van der Waals surface area (Å²) in [4.78, 5) is 15.0. The number of ether oxygens (including phenoxy) is 1. The van der Waals surface area contributed by atoms with E-state index in [9.17, 15) is 4.79 Å². The van der Waals surface area contributed by atoms with Gasteiger partial charge in [-0.2, -0.15) is 0 Å². The van der Waals surface area contributed by atoms with Crippen LogP contribution in [0.25, 0.3) is 0 Å². The van der Waals surface area contributed by atoms with Gasteiger partial charge in [0.25, 0.3) is 0 Å². The molecule has 0 radical (unpaired) electrons. The van der Waals surface area contributed by atoms with Crippen molar-refractivity contribution >= 4 is 5.91 Å². The van der Waals surface area contributed by atoms with E-state index in [4.69, 9.17) is 10.5 Å². The second-order valence-corrected chi connectivity index (χ2v) is 10.9. The molecule has 3 saturated heterocycles. The highest BCUT2D eigenvalue weighted by atomic mass is 16.5. The molecule has 3 N–H and O–H groups in total. The molecule has 0 aromatic heterocycles. The van der Waals surface area contributed by atoms with E-state index < -0.39 is 0 Å². The highest BCUT2D eigenvalue weighted by Crippen LogP contribution is 2.44. The zero-order valence-corrected chi connectivity index (χ0v) is 22.1. The minimum absolute atomic E-state index is 0.111. The minimum Gasteiger partial charge on any atom is -0.496 e. The predicted octanol–water partition coefficient (Wildman–Crippen LogP) is 4.91. The highest BCUT2D eigenvalue weighted by Gasteiger charge is 2.51. The summed E-state index contributed by atoms with van der Waals surface area (Å²) in [6.07, 6.45) is 0.974. The van der Waals surface area contributed by atoms with Crippen molar-refractivity contribution < 1.29 is 9.53 Å². The number of nitrogens with two attached hydrogens (primary N) is 1. The smallest absolute Gasteiger partial charge is 0.222 e. The van der Waals surface area contributed by atoms with Crippen LogP contribution in [0.4, 0.5) is 0 Å².